The Morgan fingerprint density at radius 3 is 2.69 bits per heavy atom. The van der Waals surface area contributed by atoms with Crippen LogP contribution in [0.5, 0.6) is 0 Å². The molecule has 6 aromatic rings. The molecule has 138 valence electrons. The number of nitrogens with zero attached hydrogens (tertiary/aromatic N) is 4. The number of aromatic nitrogens is 6. The normalized spacial score (nSPS) is 11.4. The molecule has 6 aromatic heterocycles. The van der Waals surface area contributed by atoms with Gasteiger partial charge >= 0.3 is 0 Å². The van der Waals surface area contributed by atoms with E-state index in [0.29, 0.717) is 0 Å². The predicted octanol–water partition coefficient (Wildman–Crippen LogP) is 5.29. The molecule has 0 unspecified atom stereocenters. The van der Waals surface area contributed by atoms with Gasteiger partial charge in [0, 0.05) is 33.6 Å². The molecule has 7 heteroatoms. The van der Waals surface area contributed by atoms with E-state index in [0.717, 1.165) is 44.7 Å². The first-order valence-corrected chi connectivity index (χ1v) is 10.0. The fourth-order valence-corrected chi connectivity index (χ4v) is 4.34. The molecule has 0 saturated heterocycles. The molecule has 0 aromatic carbocycles. The SMILES string of the molecule is c1ccc(-c2cc3c(-c4cc5c(-c6cccs6)ccnc5[nH]4)n[nH]c3cn2)nc1. The largest absolute Gasteiger partial charge is 0.338 e. The number of hydrogen-bond acceptors (Lipinski definition) is 5. The summed E-state index contributed by atoms with van der Waals surface area (Å²) in [7, 11) is 0. The molecule has 0 aliphatic rings. The topological polar surface area (TPSA) is 83.1 Å². The van der Waals surface area contributed by atoms with Crippen molar-refractivity contribution >= 4 is 33.3 Å². The maximum absolute atomic E-state index is 4.55. The first kappa shape index (κ1) is 16.1. The second-order valence-electron chi connectivity index (χ2n) is 6.68. The zero-order chi connectivity index (χ0) is 19.2. The van der Waals surface area contributed by atoms with Crippen LogP contribution in [0.1, 0.15) is 0 Å². The van der Waals surface area contributed by atoms with Crippen LogP contribution in [-0.2, 0) is 0 Å². The fraction of sp³-hybridized carbons (Fsp3) is 0. The van der Waals surface area contributed by atoms with Gasteiger partial charge in [-0.1, -0.05) is 12.1 Å². The van der Waals surface area contributed by atoms with E-state index in [2.05, 4.69) is 59.8 Å². The second-order valence-corrected chi connectivity index (χ2v) is 7.63. The van der Waals surface area contributed by atoms with Gasteiger partial charge in [-0.15, -0.1) is 11.3 Å². The van der Waals surface area contributed by atoms with Gasteiger partial charge in [0.25, 0.3) is 0 Å². The van der Waals surface area contributed by atoms with Crippen molar-refractivity contribution in [2.24, 2.45) is 0 Å². The summed E-state index contributed by atoms with van der Waals surface area (Å²) in [4.78, 5) is 18.1. The van der Waals surface area contributed by atoms with Gasteiger partial charge in [0.2, 0.25) is 0 Å². The van der Waals surface area contributed by atoms with E-state index in [1.165, 1.54) is 10.4 Å². The quantitative estimate of drug-likeness (QED) is 0.427. The maximum atomic E-state index is 4.55. The first-order chi connectivity index (χ1) is 14.4. The van der Waals surface area contributed by atoms with E-state index in [4.69, 9.17) is 0 Å². The van der Waals surface area contributed by atoms with Crippen LogP contribution < -0.4 is 0 Å². The van der Waals surface area contributed by atoms with Gasteiger partial charge < -0.3 is 4.98 Å². The molecule has 0 radical (unpaired) electrons. The van der Waals surface area contributed by atoms with Gasteiger partial charge in [0.05, 0.1) is 28.8 Å². The van der Waals surface area contributed by atoms with E-state index in [-0.39, 0.29) is 0 Å². The molecular weight excluding hydrogens is 380 g/mol. The van der Waals surface area contributed by atoms with Crippen LogP contribution in [0.4, 0.5) is 0 Å². The van der Waals surface area contributed by atoms with Crippen molar-refractivity contribution in [2.75, 3.05) is 0 Å². The minimum atomic E-state index is 0.814. The van der Waals surface area contributed by atoms with Crippen LogP contribution in [0.25, 0.3) is 55.2 Å². The summed E-state index contributed by atoms with van der Waals surface area (Å²) in [5.74, 6) is 0. The molecule has 6 heterocycles. The van der Waals surface area contributed by atoms with Crippen molar-refractivity contribution in [3.05, 3.63) is 72.5 Å². The lowest BCUT2D eigenvalue weighted by Crippen LogP contribution is -1.86. The Bertz CT molecular complexity index is 1450. The molecule has 2 N–H and O–H groups in total. The molecule has 0 amide bonds. The zero-order valence-electron chi connectivity index (χ0n) is 15.1. The van der Waals surface area contributed by atoms with E-state index < -0.39 is 0 Å². The molecule has 0 fully saturated rings. The maximum Gasteiger partial charge on any atom is 0.138 e. The van der Waals surface area contributed by atoms with E-state index in [1.54, 1.807) is 23.7 Å². The van der Waals surface area contributed by atoms with Gasteiger partial charge in [0.1, 0.15) is 11.3 Å². The summed E-state index contributed by atoms with van der Waals surface area (Å²) in [6.07, 6.45) is 5.41. The van der Waals surface area contributed by atoms with Crippen molar-refractivity contribution in [3.8, 4) is 33.2 Å². The highest BCUT2D eigenvalue weighted by molar-refractivity contribution is 7.13. The monoisotopic (exact) mass is 394 g/mol. The Kier molecular flexibility index (Phi) is 3.54. The Labute approximate surface area is 169 Å². The first-order valence-electron chi connectivity index (χ1n) is 9.14. The number of thiophene rings is 1. The Morgan fingerprint density at radius 1 is 0.828 bits per heavy atom. The zero-order valence-corrected chi connectivity index (χ0v) is 15.9. The molecular formula is C22H14N6S. The number of H-pyrrole nitrogens is 2. The lowest BCUT2D eigenvalue weighted by molar-refractivity contribution is 1.11. The molecule has 0 aliphatic heterocycles. The van der Waals surface area contributed by atoms with Crippen molar-refractivity contribution in [3.63, 3.8) is 0 Å². The standard InChI is InChI=1S/C22H14N6S/c1-2-7-23-16(4-1)17-11-15-19(12-25-17)27-28-21(15)18-10-14-13(20-5-3-9-29-20)6-8-24-22(14)26-18/h1-12H,(H,24,26)(H,27,28). The summed E-state index contributed by atoms with van der Waals surface area (Å²) >= 11 is 1.72. The Morgan fingerprint density at radius 2 is 1.83 bits per heavy atom. The van der Waals surface area contributed by atoms with Crippen LogP contribution in [0.3, 0.4) is 0 Å². The fourth-order valence-electron chi connectivity index (χ4n) is 3.58. The highest BCUT2D eigenvalue weighted by atomic mass is 32.1. The highest BCUT2D eigenvalue weighted by Crippen LogP contribution is 2.35. The number of aromatic amines is 2. The third kappa shape index (κ3) is 2.63. The number of rotatable bonds is 3. The van der Waals surface area contributed by atoms with Gasteiger partial charge in [-0.3, -0.25) is 15.1 Å². The minimum Gasteiger partial charge on any atom is -0.338 e. The number of nitrogens with one attached hydrogen (secondary N) is 2. The number of fused-ring (bicyclic) bond motifs is 2. The van der Waals surface area contributed by atoms with Crippen molar-refractivity contribution in [2.45, 2.75) is 0 Å². The smallest absolute Gasteiger partial charge is 0.138 e. The lowest BCUT2D eigenvalue weighted by Gasteiger charge is -2.00. The molecule has 0 atom stereocenters. The van der Waals surface area contributed by atoms with Crippen LogP contribution in [-0.4, -0.2) is 30.1 Å². The third-order valence-corrected chi connectivity index (χ3v) is 5.85. The summed E-state index contributed by atoms with van der Waals surface area (Å²) in [6.45, 7) is 0. The second kappa shape index (κ2) is 6.35. The summed E-state index contributed by atoms with van der Waals surface area (Å²) < 4.78 is 0. The number of pyridine rings is 3. The minimum absolute atomic E-state index is 0.814. The van der Waals surface area contributed by atoms with Gasteiger partial charge in [-0.2, -0.15) is 5.10 Å². The number of hydrogen-bond donors (Lipinski definition) is 2. The molecule has 6 rings (SSSR count). The average molecular weight is 394 g/mol. The highest BCUT2D eigenvalue weighted by Gasteiger charge is 2.15. The summed E-state index contributed by atoms with van der Waals surface area (Å²) in [5.41, 5.74) is 6.30. The van der Waals surface area contributed by atoms with Crippen LogP contribution >= 0.6 is 11.3 Å². The van der Waals surface area contributed by atoms with Crippen molar-refractivity contribution < 1.29 is 0 Å². The Hall–Kier alpha value is -3.84. The third-order valence-electron chi connectivity index (χ3n) is 4.95. The van der Waals surface area contributed by atoms with E-state index in [9.17, 15) is 0 Å². The van der Waals surface area contributed by atoms with E-state index >= 15 is 0 Å². The van der Waals surface area contributed by atoms with Gasteiger partial charge in [-0.05, 0) is 41.8 Å². The van der Waals surface area contributed by atoms with Gasteiger partial charge in [0.15, 0.2) is 0 Å². The predicted molar refractivity (Wildman–Crippen MR) is 116 cm³/mol. The van der Waals surface area contributed by atoms with Crippen LogP contribution in [0.15, 0.2) is 72.5 Å². The van der Waals surface area contributed by atoms with Crippen molar-refractivity contribution in [1.29, 1.82) is 0 Å². The van der Waals surface area contributed by atoms with E-state index in [1.807, 2.05) is 30.5 Å². The molecule has 6 nitrogen and oxygen atoms in total. The van der Waals surface area contributed by atoms with Crippen LogP contribution in [0, 0.1) is 0 Å². The van der Waals surface area contributed by atoms with Crippen molar-refractivity contribution in [1.82, 2.24) is 30.1 Å². The summed E-state index contributed by atoms with van der Waals surface area (Å²) in [5, 5.41) is 11.8. The molecule has 0 aliphatic carbocycles. The Balaban J connectivity index is 1.53. The molecule has 29 heavy (non-hydrogen) atoms. The average Bonchev–Trinajstić information content (AvgIpc) is 3.52. The summed E-state index contributed by atoms with van der Waals surface area (Å²) in [6, 6.07) is 16.2. The molecule has 0 spiro atoms. The molecule has 0 bridgehead atoms. The van der Waals surface area contributed by atoms with Gasteiger partial charge in [-0.25, -0.2) is 4.98 Å². The molecule has 0 saturated carbocycles. The van der Waals surface area contributed by atoms with Crippen LogP contribution in [0.2, 0.25) is 0 Å². The lowest BCUT2D eigenvalue weighted by atomic mass is 10.1.